The molecule has 0 aliphatic rings. The van der Waals surface area contributed by atoms with Crippen molar-refractivity contribution in [2.45, 2.75) is 18.2 Å². The normalized spacial score (nSPS) is 11.2. The molecule has 94 valence electrons. The van der Waals surface area contributed by atoms with Crippen molar-refractivity contribution < 1.29 is 23.1 Å². The van der Waals surface area contributed by atoms with Crippen molar-refractivity contribution in [1.29, 1.82) is 0 Å². The van der Waals surface area contributed by atoms with E-state index < -0.39 is 21.6 Å². The van der Waals surface area contributed by atoms with Crippen molar-refractivity contribution >= 4 is 15.8 Å². The number of carboxylic acids is 1. The first-order valence-corrected chi connectivity index (χ1v) is 6.67. The van der Waals surface area contributed by atoms with Crippen LogP contribution >= 0.6 is 0 Å². The number of hydrogen-bond donors (Lipinski definition) is 1. The van der Waals surface area contributed by atoms with Gasteiger partial charge in [0.05, 0.1) is 7.11 Å². The topological polar surface area (TPSA) is 80.7 Å². The molecule has 0 spiro atoms. The van der Waals surface area contributed by atoms with Gasteiger partial charge in [-0.3, -0.25) is 4.79 Å². The van der Waals surface area contributed by atoms with Gasteiger partial charge in [-0.2, -0.15) is 0 Å². The molecule has 0 amide bonds. The summed E-state index contributed by atoms with van der Waals surface area (Å²) in [5.74, 6) is -2.14. The molecule has 0 heterocycles. The van der Waals surface area contributed by atoms with Crippen LogP contribution in [0.15, 0.2) is 23.1 Å². The van der Waals surface area contributed by atoms with Crippen molar-refractivity contribution in [3.8, 4) is 5.75 Å². The van der Waals surface area contributed by atoms with Gasteiger partial charge in [-0.15, -0.1) is 0 Å². The van der Waals surface area contributed by atoms with Crippen molar-refractivity contribution in [3.05, 3.63) is 23.8 Å². The highest BCUT2D eigenvalue weighted by Gasteiger charge is 2.23. The third kappa shape index (κ3) is 3.20. The van der Waals surface area contributed by atoms with Crippen LogP contribution in [0.5, 0.6) is 5.75 Å². The first-order valence-electron chi connectivity index (χ1n) is 5.02. The predicted molar refractivity (Wildman–Crippen MR) is 62.1 cm³/mol. The van der Waals surface area contributed by atoms with Crippen LogP contribution in [0.2, 0.25) is 0 Å². The fourth-order valence-electron chi connectivity index (χ4n) is 1.42. The van der Waals surface area contributed by atoms with Crippen LogP contribution in [-0.4, -0.2) is 32.4 Å². The molecule has 0 saturated heterocycles. The van der Waals surface area contributed by atoms with E-state index >= 15 is 0 Å². The van der Waals surface area contributed by atoms with Gasteiger partial charge >= 0.3 is 5.97 Å². The summed E-state index contributed by atoms with van der Waals surface area (Å²) in [4.78, 5) is 10.5. The number of benzene rings is 1. The Kier molecular flexibility index (Phi) is 4.11. The smallest absolute Gasteiger partial charge is 0.319 e. The average molecular weight is 258 g/mol. The molecule has 0 aromatic heterocycles. The van der Waals surface area contributed by atoms with Crippen LogP contribution in [0.4, 0.5) is 0 Å². The van der Waals surface area contributed by atoms with Crippen LogP contribution < -0.4 is 4.74 Å². The van der Waals surface area contributed by atoms with E-state index in [2.05, 4.69) is 0 Å². The zero-order chi connectivity index (χ0) is 13.1. The SMILES string of the molecule is CCc1ccc(OC)c(S(=O)(=O)CC(=O)O)c1. The Morgan fingerprint density at radius 1 is 1.41 bits per heavy atom. The zero-order valence-corrected chi connectivity index (χ0v) is 10.5. The molecular formula is C11H14O5S. The lowest BCUT2D eigenvalue weighted by molar-refractivity contribution is -0.134. The van der Waals surface area contributed by atoms with Gasteiger partial charge in [0.2, 0.25) is 0 Å². The van der Waals surface area contributed by atoms with Crippen LogP contribution in [0.1, 0.15) is 12.5 Å². The van der Waals surface area contributed by atoms with Crippen LogP contribution in [0.3, 0.4) is 0 Å². The Bertz CT molecular complexity index is 519. The number of ether oxygens (including phenoxy) is 1. The van der Waals surface area contributed by atoms with E-state index in [4.69, 9.17) is 9.84 Å². The number of rotatable bonds is 5. The molecule has 1 aromatic rings. The monoisotopic (exact) mass is 258 g/mol. The van der Waals surface area contributed by atoms with Gasteiger partial charge in [0.25, 0.3) is 0 Å². The Balaban J connectivity index is 3.32. The lowest BCUT2D eigenvalue weighted by Crippen LogP contribution is -2.16. The van der Waals surface area contributed by atoms with Crippen LogP contribution in [-0.2, 0) is 21.1 Å². The maximum atomic E-state index is 11.8. The number of carbonyl (C=O) groups is 1. The Labute approximate surface area is 100.0 Å². The molecule has 0 radical (unpaired) electrons. The largest absolute Gasteiger partial charge is 0.495 e. The fourth-order valence-corrected chi connectivity index (χ4v) is 2.69. The quantitative estimate of drug-likeness (QED) is 0.855. The molecule has 17 heavy (non-hydrogen) atoms. The Morgan fingerprint density at radius 3 is 2.53 bits per heavy atom. The lowest BCUT2D eigenvalue weighted by Gasteiger charge is -2.09. The van der Waals surface area contributed by atoms with Crippen LogP contribution in [0.25, 0.3) is 0 Å². The first-order chi connectivity index (χ1) is 7.90. The molecule has 5 nitrogen and oxygen atoms in total. The van der Waals surface area contributed by atoms with E-state index in [9.17, 15) is 13.2 Å². The second kappa shape index (κ2) is 5.18. The molecule has 0 aliphatic carbocycles. The average Bonchev–Trinajstić information content (AvgIpc) is 2.26. The number of aliphatic carboxylic acids is 1. The maximum absolute atomic E-state index is 11.8. The van der Waals surface area contributed by atoms with E-state index in [-0.39, 0.29) is 10.6 Å². The molecule has 1 rings (SSSR count). The highest BCUT2D eigenvalue weighted by atomic mass is 32.2. The van der Waals surface area contributed by atoms with E-state index in [0.29, 0.717) is 6.42 Å². The van der Waals surface area contributed by atoms with Gasteiger partial charge in [0.1, 0.15) is 10.6 Å². The molecule has 0 fully saturated rings. The van der Waals surface area contributed by atoms with E-state index in [1.807, 2.05) is 6.92 Å². The predicted octanol–water partition coefficient (Wildman–Crippen LogP) is 1.12. The first kappa shape index (κ1) is 13.5. The second-order valence-corrected chi connectivity index (χ2v) is 5.45. The van der Waals surface area contributed by atoms with Gasteiger partial charge in [0, 0.05) is 0 Å². The minimum Gasteiger partial charge on any atom is -0.495 e. The third-order valence-corrected chi connectivity index (χ3v) is 3.90. The van der Waals surface area contributed by atoms with E-state index in [1.165, 1.54) is 19.2 Å². The maximum Gasteiger partial charge on any atom is 0.319 e. The standard InChI is InChI=1S/C11H14O5S/c1-3-8-4-5-9(16-2)10(6-8)17(14,15)7-11(12)13/h4-6H,3,7H2,1-2H3,(H,12,13). The van der Waals surface area contributed by atoms with Gasteiger partial charge in [-0.25, -0.2) is 8.42 Å². The molecule has 0 bridgehead atoms. The fraction of sp³-hybridized carbons (Fsp3) is 0.364. The van der Waals surface area contributed by atoms with Gasteiger partial charge in [-0.1, -0.05) is 13.0 Å². The molecule has 6 heteroatoms. The number of hydrogen-bond acceptors (Lipinski definition) is 4. The van der Waals surface area contributed by atoms with Crippen molar-refractivity contribution in [1.82, 2.24) is 0 Å². The summed E-state index contributed by atoms with van der Waals surface area (Å²) in [6, 6.07) is 4.74. The summed E-state index contributed by atoms with van der Waals surface area (Å²) in [5.41, 5.74) is 0.815. The number of methoxy groups -OCH3 is 1. The zero-order valence-electron chi connectivity index (χ0n) is 9.63. The highest BCUT2D eigenvalue weighted by Crippen LogP contribution is 2.26. The van der Waals surface area contributed by atoms with Gasteiger partial charge < -0.3 is 9.84 Å². The molecular weight excluding hydrogens is 244 g/mol. The van der Waals surface area contributed by atoms with Crippen molar-refractivity contribution in [3.63, 3.8) is 0 Å². The van der Waals surface area contributed by atoms with Crippen molar-refractivity contribution in [2.24, 2.45) is 0 Å². The van der Waals surface area contributed by atoms with Crippen LogP contribution in [0, 0.1) is 0 Å². The summed E-state index contributed by atoms with van der Waals surface area (Å²) in [7, 11) is -2.51. The molecule has 0 saturated carbocycles. The van der Waals surface area contributed by atoms with Gasteiger partial charge in [-0.05, 0) is 24.1 Å². The summed E-state index contributed by atoms with van der Waals surface area (Å²) >= 11 is 0. The Morgan fingerprint density at radius 2 is 2.06 bits per heavy atom. The minimum absolute atomic E-state index is 0.0678. The molecule has 0 atom stereocenters. The van der Waals surface area contributed by atoms with Crippen molar-refractivity contribution in [2.75, 3.05) is 12.9 Å². The van der Waals surface area contributed by atoms with Gasteiger partial charge in [0.15, 0.2) is 15.6 Å². The van der Waals surface area contributed by atoms with E-state index in [0.717, 1.165) is 5.56 Å². The Hall–Kier alpha value is -1.56. The summed E-state index contributed by atoms with van der Waals surface area (Å²) in [6.45, 7) is 1.88. The molecule has 0 aliphatic heterocycles. The summed E-state index contributed by atoms with van der Waals surface area (Å²) in [6.07, 6.45) is 0.666. The third-order valence-electron chi connectivity index (χ3n) is 2.28. The second-order valence-electron chi connectivity index (χ2n) is 3.49. The summed E-state index contributed by atoms with van der Waals surface area (Å²) < 4.78 is 28.6. The summed E-state index contributed by atoms with van der Waals surface area (Å²) in [5, 5.41) is 8.58. The lowest BCUT2D eigenvalue weighted by atomic mass is 10.2. The molecule has 1 N–H and O–H groups in total. The highest BCUT2D eigenvalue weighted by molar-refractivity contribution is 7.92. The molecule has 0 unspecified atom stereocenters. The number of carboxylic acid groups (broad SMARTS) is 1. The minimum atomic E-state index is -3.86. The number of aryl methyl sites for hydroxylation is 1. The van der Waals surface area contributed by atoms with E-state index in [1.54, 1.807) is 6.07 Å². The molecule has 1 aromatic carbocycles. The number of sulfone groups is 1.